The summed E-state index contributed by atoms with van der Waals surface area (Å²) in [6.07, 6.45) is 13.9. The number of carbonyl (C=O) groups excluding carboxylic acids is 1. The standard InChI is InChI=1S/C28H36N8O2/c1-3-38-21-6-4-19(5-7-21)33-28-30-16-23-22(15-29-26(23)34-28)18-8-13-36-25(14-18)24(17-31-36)27(37)32-20-9-11-35(2)12-10-20/h8,13-17,19-21H,3-7,9-12H2,1-2H3,(H,32,37)(H2,29,30,33,34). The van der Waals surface area contributed by atoms with E-state index in [-0.39, 0.29) is 11.9 Å². The molecule has 1 aliphatic carbocycles. The van der Waals surface area contributed by atoms with E-state index < -0.39 is 0 Å². The number of piperidine rings is 1. The lowest BCUT2D eigenvalue weighted by Crippen LogP contribution is -2.43. The minimum Gasteiger partial charge on any atom is -0.379 e. The molecule has 0 spiro atoms. The first-order chi connectivity index (χ1) is 18.6. The number of nitrogens with zero attached hydrogens (tertiary/aromatic N) is 5. The van der Waals surface area contributed by atoms with Gasteiger partial charge in [-0.25, -0.2) is 9.50 Å². The zero-order valence-corrected chi connectivity index (χ0v) is 22.1. The van der Waals surface area contributed by atoms with Crippen molar-refractivity contribution in [2.24, 2.45) is 0 Å². The fourth-order valence-electron chi connectivity index (χ4n) is 5.75. The smallest absolute Gasteiger partial charge is 0.255 e. The van der Waals surface area contributed by atoms with Crippen LogP contribution >= 0.6 is 0 Å². The highest BCUT2D eigenvalue weighted by molar-refractivity contribution is 6.02. The largest absolute Gasteiger partial charge is 0.379 e. The third kappa shape index (κ3) is 5.10. The summed E-state index contributed by atoms with van der Waals surface area (Å²) in [5, 5.41) is 12.1. The molecule has 5 heterocycles. The molecule has 0 radical (unpaired) electrons. The number of pyridine rings is 1. The average molecular weight is 517 g/mol. The Labute approximate surface area is 222 Å². The summed E-state index contributed by atoms with van der Waals surface area (Å²) in [6, 6.07) is 4.58. The molecule has 1 saturated heterocycles. The van der Waals surface area contributed by atoms with Crippen LogP contribution < -0.4 is 10.6 Å². The summed E-state index contributed by atoms with van der Waals surface area (Å²) >= 11 is 0. The van der Waals surface area contributed by atoms with Crippen molar-refractivity contribution in [2.75, 3.05) is 32.1 Å². The lowest BCUT2D eigenvalue weighted by atomic mass is 9.93. The van der Waals surface area contributed by atoms with E-state index in [4.69, 9.17) is 9.72 Å². The summed E-state index contributed by atoms with van der Waals surface area (Å²) in [5.74, 6) is 0.574. The number of fused-ring (bicyclic) bond motifs is 2. The first-order valence-electron chi connectivity index (χ1n) is 13.8. The van der Waals surface area contributed by atoms with Gasteiger partial charge in [-0.15, -0.1) is 0 Å². The maximum Gasteiger partial charge on any atom is 0.255 e. The molecule has 200 valence electrons. The van der Waals surface area contributed by atoms with Gasteiger partial charge in [-0.1, -0.05) is 0 Å². The number of anilines is 1. The van der Waals surface area contributed by atoms with Crippen LogP contribution in [-0.2, 0) is 4.74 Å². The predicted octanol–water partition coefficient (Wildman–Crippen LogP) is 3.86. The van der Waals surface area contributed by atoms with Crippen LogP contribution in [0.2, 0.25) is 0 Å². The van der Waals surface area contributed by atoms with Crippen LogP contribution in [0.1, 0.15) is 55.8 Å². The SMILES string of the molecule is CCOC1CCC(Nc2ncc3c(-c4ccn5ncc(C(=O)NC6CCN(C)CC6)c5c4)c[nH]c3n2)CC1. The summed E-state index contributed by atoms with van der Waals surface area (Å²) in [7, 11) is 2.12. The zero-order valence-electron chi connectivity index (χ0n) is 22.1. The molecule has 0 bridgehead atoms. The Bertz CT molecular complexity index is 1410. The Kier molecular flexibility index (Phi) is 6.99. The fraction of sp³-hybridized carbons (Fsp3) is 0.500. The van der Waals surface area contributed by atoms with Crippen LogP contribution in [0.15, 0.2) is 36.9 Å². The van der Waals surface area contributed by atoms with Crippen molar-refractivity contribution in [2.45, 2.75) is 63.6 Å². The molecule has 0 aromatic carbocycles. The Morgan fingerprint density at radius 2 is 1.95 bits per heavy atom. The molecular weight excluding hydrogens is 480 g/mol. The van der Waals surface area contributed by atoms with Gasteiger partial charge in [0.25, 0.3) is 5.91 Å². The second-order valence-electron chi connectivity index (χ2n) is 10.6. The lowest BCUT2D eigenvalue weighted by molar-refractivity contribution is 0.0346. The van der Waals surface area contributed by atoms with Gasteiger partial charge in [-0.3, -0.25) is 4.79 Å². The quantitative estimate of drug-likeness (QED) is 0.342. The van der Waals surface area contributed by atoms with Crippen molar-refractivity contribution in [1.82, 2.24) is 34.8 Å². The number of aromatic amines is 1. The van der Waals surface area contributed by atoms with Gasteiger partial charge in [-0.05, 0) is 83.3 Å². The lowest BCUT2D eigenvalue weighted by Gasteiger charge is -2.29. The van der Waals surface area contributed by atoms with E-state index in [2.05, 4.69) is 44.6 Å². The number of amides is 1. The van der Waals surface area contributed by atoms with E-state index in [9.17, 15) is 4.79 Å². The molecule has 10 heteroatoms. The van der Waals surface area contributed by atoms with Gasteiger partial charge >= 0.3 is 0 Å². The highest BCUT2D eigenvalue weighted by atomic mass is 16.5. The van der Waals surface area contributed by atoms with E-state index in [1.807, 2.05) is 30.7 Å². The number of rotatable bonds is 7. The Morgan fingerprint density at radius 1 is 1.13 bits per heavy atom. The minimum atomic E-state index is -0.0695. The third-order valence-corrected chi connectivity index (χ3v) is 7.97. The van der Waals surface area contributed by atoms with Crippen molar-refractivity contribution in [1.29, 1.82) is 0 Å². The maximum atomic E-state index is 13.1. The van der Waals surface area contributed by atoms with Gasteiger partial charge in [0.05, 0.1) is 23.4 Å². The topological polar surface area (TPSA) is 112 Å². The van der Waals surface area contributed by atoms with Gasteiger partial charge in [0.2, 0.25) is 5.95 Å². The van der Waals surface area contributed by atoms with Gasteiger partial charge in [0.1, 0.15) is 5.65 Å². The normalized spacial score (nSPS) is 21.2. The summed E-state index contributed by atoms with van der Waals surface area (Å²) < 4.78 is 7.52. The van der Waals surface area contributed by atoms with E-state index >= 15 is 0 Å². The van der Waals surface area contributed by atoms with E-state index in [1.54, 1.807) is 10.7 Å². The number of nitrogens with one attached hydrogen (secondary N) is 3. The first-order valence-corrected chi connectivity index (χ1v) is 13.8. The van der Waals surface area contributed by atoms with E-state index in [1.165, 1.54) is 0 Å². The molecule has 1 amide bonds. The molecule has 1 saturated carbocycles. The number of hydrogen-bond donors (Lipinski definition) is 3. The minimum absolute atomic E-state index is 0.0695. The second kappa shape index (κ2) is 10.7. The molecule has 4 aromatic rings. The summed E-state index contributed by atoms with van der Waals surface area (Å²) in [5.41, 5.74) is 4.14. The molecule has 6 rings (SSSR count). The number of likely N-dealkylation sites (tertiary alicyclic amines) is 1. The first kappa shape index (κ1) is 24.8. The number of H-pyrrole nitrogens is 1. The Hall–Kier alpha value is -3.50. The van der Waals surface area contributed by atoms with Crippen molar-refractivity contribution in [3.63, 3.8) is 0 Å². The molecule has 0 atom stereocenters. The number of ether oxygens (including phenoxy) is 1. The molecule has 38 heavy (non-hydrogen) atoms. The van der Waals surface area contributed by atoms with Crippen molar-refractivity contribution in [3.8, 4) is 11.1 Å². The highest BCUT2D eigenvalue weighted by Crippen LogP contribution is 2.30. The molecule has 4 aromatic heterocycles. The van der Waals surface area contributed by atoms with Crippen LogP contribution in [0.5, 0.6) is 0 Å². The van der Waals surface area contributed by atoms with Crippen molar-refractivity contribution in [3.05, 3.63) is 42.5 Å². The van der Waals surface area contributed by atoms with E-state index in [0.29, 0.717) is 23.7 Å². The van der Waals surface area contributed by atoms with Gasteiger partial charge in [-0.2, -0.15) is 10.1 Å². The maximum absolute atomic E-state index is 13.1. The average Bonchev–Trinajstić information content (AvgIpc) is 3.55. The zero-order chi connectivity index (χ0) is 26.1. The molecule has 0 unspecified atom stereocenters. The third-order valence-electron chi connectivity index (χ3n) is 7.97. The highest BCUT2D eigenvalue weighted by Gasteiger charge is 2.23. The number of carbonyl (C=O) groups is 1. The molecule has 2 fully saturated rings. The van der Waals surface area contributed by atoms with Crippen LogP contribution in [-0.4, -0.2) is 80.3 Å². The van der Waals surface area contributed by atoms with E-state index in [0.717, 1.165) is 85.9 Å². The molecule has 1 aliphatic heterocycles. The fourth-order valence-corrected chi connectivity index (χ4v) is 5.75. The van der Waals surface area contributed by atoms with Crippen LogP contribution in [0.25, 0.3) is 27.7 Å². The molecule has 2 aliphatic rings. The van der Waals surface area contributed by atoms with Crippen LogP contribution in [0, 0.1) is 0 Å². The molecular formula is C28H36N8O2. The van der Waals surface area contributed by atoms with Gasteiger partial charge in [0, 0.05) is 48.2 Å². The summed E-state index contributed by atoms with van der Waals surface area (Å²) in [6.45, 7) is 4.83. The van der Waals surface area contributed by atoms with Crippen molar-refractivity contribution < 1.29 is 9.53 Å². The second-order valence-corrected chi connectivity index (χ2v) is 10.6. The molecule has 10 nitrogen and oxygen atoms in total. The monoisotopic (exact) mass is 516 g/mol. The Balaban J connectivity index is 1.19. The van der Waals surface area contributed by atoms with Crippen molar-refractivity contribution >= 4 is 28.4 Å². The number of hydrogen-bond acceptors (Lipinski definition) is 7. The van der Waals surface area contributed by atoms with Gasteiger partial charge in [0.15, 0.2) is 0 Å². The summed E-state index contributed by atoms with van der Waals surface area (Å²) in [4.78, 5) is 28.1. The Morgan fingerprint density at radius 3 is 2.74 bits per heavy atom. The van der Waals surface area contributed by atoms with Crippen LogP contribution in [0.3, 0.4) is 0 Å². The number of aromatic nitrogens is 5. The van der Waals surface area contributed by atoms with Crippen LogP contribution in [0.4, 0.5) is 5.95 Å². The predicted molar refractivity (Wildman–Crippen MR) is 147 cm³/mol. The molecule has 3 N–H and O–H groups in total. The van der Waals surface area contributed by atoms with Gasteiger partial charge < -0.3 is 25.3 Å².